The van der Waals surface area contributed by atoms with Crippen LogP contribution >= 0.6 is 11.6 Å². The van der Waals surface area contributed by atoms with E-state index in [1.54, 1.807) is 24.3 Å². The lowest BCUT2D eigenvalue weighted by atomic mass is 10.1. The van der Waals surface area contributed by atoms with Crippen molar-refractivity contribution < 1.29 is 23.7 Å². The Bertz CT molecular complexity index is 1350. The number of amides is 4. The summed E-state index contributed by atoms with van der Waals surface area (Å²) in [6, 6.07) is 13.7. The standard InChI is InChI=1S/C23H17ClN4O6/c1-13-2-5-15(6-3-13)25-21(29)12-27-22(30)18(26-23(27)31)11-16-7-9-20(34-16)14-4-8-17(24)19(10-14)28(32)33/h2-11H,12H2,1H3,(H,25,29)(H,26,31)/b18-11+. The van der Waals surface area contributed by atoms with Gasteiger partial charge in [0.15, 0.2) is 0 Å². The number of carbonyl (C=O) groups excluding carboxylic acids is 3. The Kier molecular flexibility index (Phi) is 6.15. The van der Waals surface area contributed by atoms with Gasteiger partial charge in [0, 0.05) is 23.4 Å². The first-order valence-electron chi connectivity index (χ1n) is 9.96. The first kappa shape index (κ1) is 22.7. The lowest BCUT2D eigenvalue weighted by Crippen LogP contribution is -2.38. The summed E-state index contributed by atoms with van der Waals surface area (Å²) in [5.41, 5.74) is 1.64. The van der Waals surface area contributed by atoms with Gasteiger partial charge < -0.3 is 15.1 Å². The largest absolute Gasteiger partial charge is 0.457 e. The molecule has 4 rings (SSSR count). The second-order valence-corrected chi connectivity index (χ2v) is 7.83. The molecule has 0 atom stereocenters. The Morgan fingerprint density at radius 2 is 1.91 bits per heavy atom. The summed E-state index contributed by atoms with van der Waals surface area (Å²) in [4.78, 5) is 48.5. The number of hydrogen-bond acceptors (Lipinski definition) is 6. The van der Waals surface area contributed by atoms with Gasteiger partial charge in [0.1, 0.15) is 28.8 Å². The van der Waals surface area contributed by atoms with Crippen molar-refractivity contribution in [1.82, 2.24) is 10.2 Å². The summed E-state index contributed by atoms with van der Waals surface area (Å²) >= 11 is 5.84. The van der Waals surface area contributed by atoms with E-state index in [0.29, 0.717) is 17.0 Å². The molecule has 2 aromatic carbocycles. The minimum absolute atomic E-state index is 0.00609. The molecule has 0 bridgehead atoms. The minimum atomic E-state index is -0.740. The number of anilines is 1. The maximum absolute atomic E-state index is 12.6. The van der Waals surface area contributed by atoms with Gasteiger partial charge in [0.2, 0.25) is 5.91 Å². The number of halogens is 1. The van der Waals surface area contributed by atoms with E-state index in [1.807, 2.05) is 19.1 Å². The number of imide groups is 1. The average Bonchev–Trinajstić information content (AvgIpc) is 3.36. The zero-order chi connectivity index (χ0) is 24.4. The van der Waals surface area contributed by atoms with Crippen molar-refractivity contribution in [3.8, 4) is 11.3 Å². The Morgan fingerprint density at radius 3 is 2.62 bits per heavy atom. The molecule has 1 aromatic heterocycles. The smallest absolute Gasteiger partial charge is 0.329 e. The van der Waals surface area contributed by atoms with Crippen LogP contribution in [0.3, 0.4) is 0 Å². The zero-order valence-corrected chi connectivity index (χ0v) is 18.5. The monoisotopic (exact) mass is 480 g/mol. The Balaban J connectivity index is 1.47. The van der Waals surface area contributed by atoms with Crippen LogP contribution in [-0.4, -0.2) is 34.2 Å². The SMILES string of the molecule is Cc1ccc(NC(=O)CN2C(=O)N/C(=C/c3ccc(-c4ccc(Cl)c([N+](=O)[O-])c4)o3)C2=O)cc1. The second kappa shape index (κ2) is 9.20. The molecular weight excluding hydrogens is 464 g/mol. The topological polar surface area (TPSA) is 135 Å². The Labute approximate surface area is 197 Å². The van der Waals surface area contributed by atoms with Crippen molar-refractivity contribution in [3.05, 3.63) is 86.8 Å². The number of nitro benzene ring substituents is 1. The van der Waals surface area contributed by atoms with Crippen LogP contribution in [0, 0.1) is 17.0 Å². The number of rotatable bonds is 6. The molecule has 172 valence electrons. The number of hydrogen-bond donors (Lipinski definition) is 2. The predicted molar refractivity (Wildman–Crippen MR) is 124 cm³/mol. The van der Waals surface area contributed by atoms with Crippen LogP contribution in [0.1, 0.15) is 11.3 Å². The van der Waals surface area contributed by atoms with Crippen molar-refractivity contribution in [2.75, 3.05) is 11.9 Å². The molecule has 11 heteroatoms. The fraction of sp³-hybridized carbons (Fsp3) is 0.0870. The maximum atomic E-state index is 12.6. The number of aryl methyl sites for hydroxylation is 1. The molecule has 1 saturated heterocycles. The summed E-state index contributed by atoms with van der Waals surface area (Å²) in [5, 5.41) is 16.1. The summed E-state index contributed by atoms with van der Waals surface area (Å²) < 4.78 is 5.65. The highest BCUT2D eigenvalue weighted by Gasteiger charge is 2.35. The summed E-state index contributed by atoms with van der Waals surface area (Å²) in [7, 11) is 0. The molecule has 1 aliphatic heterocycles. The maximum Gasteiger partial charge on any atom is 0.329 e. The van der Waals surface area contributed by atoms with E-state index in [4.69, 9.17) is 16.0 Å². The van der Waals surface area contributed by atoms with Gasteiger partial charge in [-0.25, -0.2) is 9.69 Å². The number of nitro groups is 1. The lowest BCUT2D eigenvalue weighted by Gasteiger charge is -2.12. The van der Waals surface area contributed by atoms with Crippen molar-refractivity contribution >= 4 is 46.9 Å². The van der Waals surface area contributed by atoms with Gasteiger partial charge in [0.05, 0.1) is 4.92 Å². The highest BCUT2D eigenvalue weighted by atomic mass is 35.5. The average molecular weight is 481 g/mol. The molecule has 0 spiro atoms. The second-order valence-electron chi connectivity index (χ2n) is 7.42. The molecule has 1 aliphatic rings. The molecule has 1 fully saturated rings. The Morgan fingerprint density at radius 1 is 1.18 bits per heavy atom. The van der Waals surface area contributed by atoms with Gasteiger partial charge in [-0.05, 0) is 43.3 Å². The summed E-state index contributed by atoms with van der Waals surface area (Å²) in [6.07, 6.45) is 1.31. The predicted octanol–water partition coefficient (Wildman–Crippen LogP) is 4.35. The Hall–Kier alpha value is -4.44. The quantitative estimate of drug-likeness (QED) is 0.233. The molecular formula is C23H17ClN4O6. The van der Waals surface area contributed by atoms with Gasteiger partial charge in [0.25, 0.3) is 11.6 Å². The molecule has 0 aliphatic carbocycles. The number of urea groups is 1. The number of benzene rings is 2. The summed E-state index contributed by atoms with van der Waals surface area (Å²) in [5.74, 6) is -0.692. The third-order valence-corrected chi connectivity index (χ3v) is 5.26. The van der Waals surface area contributed by atoms with E-state index in [0.717, 1.165) is 10.5 Å². The van der Waals surface area contributed by atoms with Gasteiger partial charge in [-0.2, -0.15) is 0 Å². The van der Waals surface area contributed by atoms with E-state index in [2.05, 4.69) is 10.6 Å². The van der Waals surface area contributed by atoms with Gasteiger partial charge in [-0.15, -0.1) is 0 Å². The zero-order valence-electron chi connectivity index (χ0n) is 17.7. The first-order valence-corrected chi connectivity index (χ1v) is 10.3. The van der Waals surface area contributed by atoms with Crippen molar-refractivity contribution in [2.24, 2.45) is 0 Å². The molecule has 0 radical (unpaired) electrons. The fourth-order valence-corrected chi connectivity index (χ4v) is 3.42. The molecule has 10 nitrogen and oxygen atoms in total. The number of carbonyl (C=O) groups is 3. The molecule has 0 saturated carbocycles. The molecule has 2 N–H and O–H groups in total. The first-order chi connectivity index (χ1) is 16.2. The van der Waals surface area contributed by atoms with Crippen molar-refractivity contribution in [1.29, 1.82) is 0 Å². The van der Waals surface area contributed by atoms with E-state index in [9.17, 15) is 24.5 Å². The number of nitrogens with one attached hydrogen (secondary N) is 2. The van der Waals surface area contributed by atoms with Crippen LogP contribution in [0.2, 0.25) is 5.02 Å². The molecule has 0 unspecified atom stereocenters. The van der Waals surface area contributed by atoms with Crippen LogP contribution in [-0.2, 0) is 9.59 Å². The lowest BCUT2D eigenvalue weighted by molar-refractivity contribution is -0.384. The van der Waals surface area contributed by atoms with Crippen LogP contribution in [0.25, 0.3) is 17.4 Å². The van der Waals surface area contributed by atoms with Gasteiger partial charge in [-0.1, -0.05) is 29.3 Å². The van der Waals surface area contributed by atoms with E-state index >= 15 is 0 Å². The van der Waals surface area contributed by atoms with Crippen LogP contribution in [0.5, 0.6) is 0 Å². The van der Waals surface area contributed by atoms with Gasteiger partial charge in [-0.3, -0.25) is 19.7 Å². The van der Waals surface area contributed by atoms with Gasteiger partial charge >= 0.3 is 6.03 Å². The van der Waals surface area contributed by atoms with Crippen LogP contribution in [0.15, 0.2) is 64.7 Å². The van der Waals surface area contributed by atoms with E-state index < -0.39 is 29.3 Å². The molecule has 4 amide bonds. The third-order valence-electron chi connectivity index (χ3n) is 4.94. The highest BCUT2D eigenvalue weighted by Crippen LogP contribution is 2.31. The minimum Gasteiger partial charge on any atom is -0.457 e. The number of furan rings is 1. The van der Waals surface area contributed by atoms with Crippen molar-refractivity contribution in [2.45, 2.75) is 6.92 Å². The van der Waals surface area contributed by atoms with Crippen molar-refractivity contribution in [3.63, 3.8) is 0 Å². The normalized spacial score (nSPS) is 14.4. The third kappa shape index (κ3) is 4.81. The molecule has 34 heavy (non-hydrogen) atoms. The fourth-order valence-electron chi connectivity index (χ4n) is 3.23. The van der Waals surface area contributed by atoms with Crippen LogP contribution in [0.4, 0.5) is 16.2 Å². The molecule has 3 aromatic rings. The van der Waals surface area contributed by atoms with E-state index in [-0.39, 0.29) is 22.2 Å². The number of nitrogens with zero attached hydrogens (tertiary/aromatic N) is 2. The highest BCUT2D eigenvalue weighted by molar-refractivity contribution is 6.32. The van der Waals surface area contributed by atoms with Crippen LogP contribution < -0.4 is 10.6 Å². The van der Waals surface area contributed by atoms with E-state index in [1.165, 1.54) is 24.3 Å². The molecule has 2 heterocycles. The summed E-state index contributed by atoms with van der Waals surface area (Å²) in [6.45, 7) is 1.45.